The summed E-state index contributed by atoms with van der Waals surface area (Å²) in [6, 6.07) is 0. The monoisotopic (exact) mass is 362 g/mol. The molecule has 12 nitrogen and oxygen atoms in total. The van der Waals surface area contributed by atoms with Gasteiger partial charge in [-0.25, -0.2) is 0 Å². The Kier molecular flexibility index (Phi) is 35.7. The van der Waals surface area contributed by atoms with Crippen LogP contribution in [-0.2, 0) is 19.2 Å². The first kappa shape index (κ1) is 33.4. The quantitative estimate of drug-likeness (QED) is 0.274. The molecule has 0 saturated carbocycles. The first-order chi connectivity index (χ1) is 10.6. The van der Waals surface area contributed by atoms with Crippen molar-refractivity contribution in [3.05, 3.63) is 0 Å². The molecule has 0 amide bonds. The molecule has 0 spiro atoms. The lowest BCUT2D eigenvalue weighted by Crippen LogP contribution is -2.31. The van der Waals surface area contributed by atoms with E-state index in [0.717, 1.165) is 27.7 Å². The minimum Gasteiger partial charge on any atom is -0.481 e. The molecule has 0 fully saturated rings. The topological polar surface area (TPSA) is 230 Å². The van der Waals surface area contributed by atoms with E-state index in [9.17, 15) is 0 Å². The molecule has 2 unspecified atom stereocenters. The minimum absolute atomic E-state index is 0.526. The van der Waals surface area contributed by atoms with Gasteiger partial charge < -0.3 is 40.9 Å². The molecule has 2 atom stereocenters. The highest BCUT2D eigenvalue weighted by Gasteiger charge is 2.12. The van der Waals surface area contributed by atoms with Crippen molar-refractivity contribution < 1.29 is 60.0 Å². The molecule has 146 valence electrons. The van der Waals surface area contributed by atoms with Crippen LogP contribution in [0.1, 0.15) is 27.7 Å². The molecule has 0 saturated heterocycles. The summed E-state index contributed by atoms with van der Waals surface area (Å²) in [5, 5.41) is 62.8. The number of aliphatic carboxylic acids is 4. The molecule has 0 aliphatic rings. The fourth-order valence-electron chi connectivity index (χ4n) is 0.243. The number of carboxylic acid groups (broad SMARTS) is 4. The van der Waals surface area contributed by atoms with Gasteiger partial charge in [-0.05, 0) is 0 Å². The highest BCUT2D eigenvalue weighted by Crippen LogP contribution is 1.88. The van der Waals surface area contributed by atoms with Crippen LogP contribution < -0.4 is 0 Å². The van der Waals surface area contributed by atoms with Crippen LogP contribution in [0.5, 0.6) is 0 Å². The normalized spacial score (nSPS) is 10.2. The molecule has 24 heavy (non-hydrogen) atoms. The van der Waals surface area contributed by atoms with E-state index in [0.29, 0.717) is 0 Å². The molecule has 12 heteroatoms. The zero-order valence-electron chi connectivity index (χ0n) is 13.8. The van der Waals surface area contributed by atoms with Gasteiger partial charge in [0, 0.05) is 27.7 Å². The van der Waals surface area contributed by atoms with E-state index in [1.54, 1.807) is 0 Å². The Morgan fingerprint density at radius 1 is 0.583 bits per heavy atom. The summed E-state index contributed by atoms with van der Waals surface area (Å²) in [5.41, 5.74) is 0. The summed E-state index contributed by atoms with van der Waals surface area (Å²) in [5.74, 6) is -3.33. The third-order valence-electron chi connectivity index (χ3n) is 0.818. The SMILES string of the molecule is CC(=O)O.CC(=O)O.CC(=O)O.CC(=O)O.OCC(O)C(O)CO. The first-order valence-corrected chi connectivity index (χ1v) is 6.01. The van der Waals surface area contributed by atoms with Crippen LogP contribution in [0.15, 0.2) is 0 Å². The molecule has 0 aromatic carbocycles. The standard InChI is InChI=1S/C4H10O4.4C2H4O2/c5-1-3(7)4(8)2-6;4*1-2(3)4/h3-8H,1-2H2;4*1H3,(H,3,4). The van der Waals surface area contributed by atoms with E-state index in [1.165, 1.54) is 0 Å². The second-order valence-electron chi connectivity index (χ2n) is 3.58. The van der Waals surface area contributed by atoms with E-state index in [1.807, 2.05) is 0 Å². The highest BCUT2D eigenvalue weighted by atomic mass is 16.4. The van der Waals surface area contributed by atoms with Gasteiger partial charge in [-0.1, -0.05) is 0 Å². The minimum atomic E-state index is -1.22. The van der Waals surface area contributed by atoms with E-state index < -0.39 is 49.3 Å². The van der Waals surface area contributed by atoms with Crippen molar-refractivity contribution in [1.29, 1.82) is 0 Å². The zero-order chi connectivity index (χ0) is 20.9. The maximum absolute atomic E-state index is 9.00. The molecule has 0 heterocycles. The Morgan fingerprint density at radius 3 is 0.708 bits per heavy atom. The van der Waals surface area contributed by atoms with Crippen LogP contribution in [0.3, 0.4) is 0 Å². The van der Waals surface area contributed by atoms with Crippen molar-refractivity contribution in [2.45, 2.75) is 39.9 Å². The van der Waals surface area contributed by atoms with Gasteiger partial charge in [0.25, 0.3) is 23.9 Å². The molecule has 0 rings (SSSR count). The summed E-state index contributed by atoms with van der Waals surface area (Å²) in [4.78, 5) is 36.0. The van der Waals surface area contributed by atoms with E-state index >= 15 is 0 Å². The van der Waals surface area contributed by atoms with Crippen LogP contribution in [0.2, 0.25) is 0 Å². The fraction of sp³-hybridized carbons (Fsp3) is 0.667. The highest BCUT2D eigenvalue weighted by molar-refractivity contribution is 5.63. The smallest absolute Gasteiger partial charge is 0.300 e. The fourth-order valence-corrected chi connectivity index (χ4v) is 0.243. The van der Waals surface area contributed by atoms with Crippen molar-refractivity contribution in [1.82, 2.24) is 0 Å². The summed E-state index contributed by atoms with van der Waals surface area (Å²) in [6.07, 6.45) is -2.44. The lowest BCUT2D eigenvalue weighted by molar-refractivity contribution is -0.135. The number of hydrogen-bond donors (Lipinski definition) is 8. The predicted molar refractivity (Wildman–Crippen MR) is 79.4 cm³/mol. The average Bonchev–Trinajstić information content (AvgIpc) is 2.34. The van der Waals surface area contributed by atoms with Crippen LogP contribution in [0.4, 0.5) is 0 Å². The molecule has 0 radical (unpaired) electrons. The van der Waals surface area contributed by atoms with Gasteiger partial charge in [0.15, 0.2) is 0 Å². The second-order valence-corrected chi connectivity index (χ2v) is 3.58. The zero-order valence-corrected chi connectivity index (χ0v) is 13.8. The van der Waals surface area contributed by atoms with E-state index in [4.69, 9.17) is 60.0 Å². The molecule has 0 bridgehead atoms. The van der Waals surface area contributed by atoms with Crippen molar-refractivity contribution in [3.8, 4) is 0 Å². The van der Waals surface area contributed by atoms with Crippen molar-refractivity contribution in [2.75, 3.05) is 13.2 Å². The predicted octanol–water partition coefficient (Wildman–Crippen LogP) is -1.94. The van der Waals surface area contributed by atoms with Gasteiger partial charge in [0.2, 0.25) is 0 Å². The number of carbonyl (C=O) groups is 4. The van der Waals surface area contributed by atoms with Crippen LogP contribution in [0, 0.1) is 0 Å². The van der Waals surface area contributed by atoms with Crippen LogP contribution in [-0.4, -0.2) is 90.2 Å². The van der Waals surface area contributed by atoms with Gasteiger partial charge in [0.05, 0.1) is 13.2 Å². The molecule has 8 N–H and O–H groups in total. The summed E-state index contributed by atoms with van der Waals surface area (Å²) < 4.78 is 0. The Bertz CT molecular complexity index is 256. The van der Waals surface area contributed by atoms with Crippen molar-refractivity contribution in [3.63, 3.8) is 0 Å². The Hall–Kier alpha value is -2.28. The number of aliphatic hydroxyl groups excluding tert-OH is 4. The summed E-state index contributed by atoms with van der Waals surface area (Å²) in [6.45, 7) is 3.28. The molecular formula is C12H26O12. The first-order valence-electron chi connectivity index (χ1n) is 6.01. The molecule has 0 aromatic rings. The molecular weight excluding hydrogens is 336 g/mol. The number of aliphatic hydroxyl groups is 4. The van der Waals surface area contributed by atoms with Gasteiger partial charge in [-0.2, -0.15) is 0 Å². The third-order valence-corrected chi connectivity index (χ3v) is 0.818. The van der Waals surface area contributed by atoms with Gasteiger partial charge >= 0.3 is 0 Å². The molecule has 0 aromatic heterocycles. The van der Waals surface area contributed by atoms with Crippen LogP contribution in [0.25, 0.3) is 0 Å². The van der Waals surface area contributed by atoms with Gasteiger partial charge in [-0.15, -0.1) is 0 Å². The van der Waals surface area contributed by atoms with Gasteiger partial charge in [0.1, 0.15) is 12.2 Å². The van der Waals surface area contributed by atoms with Crippen molar-refractivity contribution in [2.24, 2.45) is 0 Å². The maximum atomic E-state index is 9.00. The van der Waals surface area contributed by atoms with E-state index in [-0.39, 0.29) is 0 Å². The Morgan fingerprint density at radius 2 is 0.667 bits per heavy atom. The number of rotatable bonds is 3. The lowest BCUT2D eigenvalue weighted by atomic mass is 10.2. The van der Waals surface area contributed by atoms with Crippen molar-refractivity contribution >= 4 is 23.9 Å². The van der Waals surface area contributed by atoms with Gasteiger partial charge in [-0.3, -0.25) is 19.2 Å². The Balaban J connectivity index is -0.0000000657. The van der Waals surface area contributed by atoms with E-state index in [2.05, 4.69) is 0 Å². The molecule has 0 aliphatic heterocycles. The number of hydrogen-bond acceptors (Lipinski definition) is 8. The largest absolute Gasteiger partial charge is 0.481 e. The summed E-state index contributed by atoms with van der Waals surface area (Å²) in [7, 11) is 0. The summed E-state index contributed by atoms with van der Waals surface area (Å²) >= 11 is 0. The lowest BCUT2D eigenvalue weighted by Gasteiger charge is -2.10. The maximum Gasteiger partial charge on any atom is 0.300 e. The molecule has 0 aliphatic carbocycles. The number of carboxylic acids is 4. The van der Waals surface area contributed by atoms with Crippen LogP contribution >= 0.6 is 0 Å². The third kappa shape index (κ3) is 211. The Labute approximate surface area is 138 Å². The second kappa shape index (κ2) is 25.7. The average molecular weight is 362 g/mol.